The molecule has 2 N–H and O–H groups in total. The number of nitrogens with zero attached hydrogens (tertiary/aromatic N) is 7. The average Bonchev–Trinajstić information content (AvgIpc) is 3.74. The number of methoxy groups -OCH3 is 2. The van der Waals surface area contributed by atoms with Gasteiger partial charge < -0.3 is 24.6 Å². The van der Waals surface area contributed by atoms with Crippen molar-refractivity contribution in [1.82, 2.24) is 19.9 Å². The number of carbonyl (C=O) groups is 1. The highest BCUT2D eigenvalue weighted by Gasteiger charge is 2.42. The number of benzene rings is 2. The lowest BCUT2D eigenvalue weighted by atomic mass is 10.1. The molecule has 0 aliphatic carbocycles. The molecule has 0 saturated carbocycles. The summed E-state index contributed by atoms with van der Waals surface area (Å²) in [5.74, 6) is 3.41. The van der Waals surface area contributed by atoms with Crippen LogP contribution < -0.4 is 34.8 Å². The summed E-state index contributed by atoms with van der Waals surface area (Å²) in [7, 11) is 3.34. The van der Waals surface area contributed by atoms with Crippen LogP contribution >= 0.6 is 23.2 Å². The van der Waals surface area contributed by atoms with Crippen molar-refractivity contribution in [3.05, 3.63) is 89.3 Å². The predicted molar refractivity (Wildman–Crippen MR) is 201 cm³/mol. The molecule has 14 heteroatoms. The zero-order valence-corrected chi connectivity index (χ0v) is 29.5. The van der Waals surface area contributed by atoms with Crippen molar-refractivity contribution in [3.8, 4) is 34.0 Å². The van der Waals surface area contributed by atoms with Gasteiger partial charge in [-0.15, -0.1) is 0 Å². The summed E-state index contributed by atoms with van der Waals surface area (Å²) < 4.78 is 11.3. The number of aromatic nitrogens is 4. The van der Waals surface area contributed by atoms with Crippen molar-refractivity contribution in [1.29, 1.82) is 0 Å². The molecule has 0 unspecified atom stereocenters. The van der Waals surface area contributed by atoms with E-state index in [4.69, 9.17) is 42.6 Å². The number of hydrogen-bond donors (Lipinski definition) is 2. The molecule has 2 saturated heterocycles. The van der Waals surface area contributed by atoms with Crippen LogP contribution in [0.1, 0.15) is 12.8 Å². The van der Waals surface area contributed by atoms with Gasteiger partial charge in [0.25, 0.3) is 0 Å². The molecule has 0 spiro atoms. The molecule has 4 aliphatic heterocycles. The third-order valence-electron chi connectivity index (χ3n) is 9.51. The average molecular weight is 725 g/mol. The summed E-state index contributed by atoms with van der Waals surface area (Å²) in [6, 6.07) is 19.3. The van der Waals surface area contributed by atoms with E-state index in [-0.39, 0.29) is 12.1 Å². The number of fused-ring (bicyclic) bond motifs is 8. The van der Waals surface area contributed by atoms with Crippen LogP contribution in [0.5, 0.6) is 11.5 Å². The van der Waals surface area contributed by atoms with Crippen LogP contribution in [0.3, 0.4) is 0 Å². The van der Waals surface area contributed by atoms with E-state index in [9.17, 15) is 4.79 Å². The van der Waals surface area contributed by atoms with E-state index in [0.717, 1.165) is 78.8 Å². The number of carbonyl (C=O) groups excluding carboxylic acids is 1. The van der Waals surface area contributed by atoms with Crippen LogP contribution in [0.2, 0.25) is 10.0 Å². The Bertz CT molecular complexity index is 2100. The first-order valence-electron chi connectivity index (χ1n) is 16.7. The molecule has 51 heavy (non-hydrogen) atoms. The number of pyridine rings is 2. The minimum Gasteiger partial charge on any atom is -0.494 e. The summed E-state index contributed by atoms with van der Waals surface area (Å²) >= 11 is 12.3. The molecule has 3 aromatic heterocycles. The fraction of sp³-hybridized carbons (Fsp3) is 0.270. The van der Waals surface area contributed by atoms with Gasteiger partial charge in [-0.25, -0.2) is 19.7 Å². The summed E-state index contributed by atoms with van der Waals surface area (Å²) in [5.41, 5.74) is 5.32. The van der Waals surface area contributed by atoms with Gasteiger partial charge >= 0.3 is 6.03 Å². The van der Waals surface area contributed by atoms with E-state index in [0.29, 0.717) is 39.2 Å². The van der Waals surface area contributed by atoms with E-state index in [1.165, 1.54) is 12.4 Å². The molecule has 0 radical (unpaired) electrons. The van der Waals surface area contributed by atoms with Gasteiger partial charge in [-0.3, -0.25) is 15.2 Å². The van der Waals surface area contributed by atoms with Gasteiger partial charge in [0.05, 0.1) is 37.8 Å². The first-order valence-corrected chi connectivity index (χ1v) is 17.5. The molecule has 2 aromatic carbocycles. The summed E-state index contributed by atoms with van der Waals surface area (Å²) in [4.78, 5) is 37.3. The molecule has 2 fully saturated rings. The van der Waals surface area contributed by atoms with Gasteiger partial charge in [-0.2, -0.15) is 0 Å². The van der Waals surface area contributed by atoms with Crippen LogP contribution in [-0.2, 0) is 0 Å². The van der Waals surface area contributed by atoms with E-state index in [1.807, 2.05) is 60.7 Å². The summed E-state index contributed by atoms with van der Waals surface area (Å²) in [6.45, 7) is 3.65. The minimum absolute atomic E-state index is 0.0148. The molecule has 2 amide bonds. The Morgan fingerprint density at radius 1 is 0.843 bits per heavy atom. The maximum atomic E-state index is 13.2. The molecule has 5 aromatic rings. The van der Waals surface area contributed by atoms with E-state index >= 15 is 0 Å². The Labute approximate surface area is 305 Å². The fourth-order valence-electron chi connectivity index (χ4n) is 7.19. The fourth-order valence-corrected chi connectivity index (χ4v) is 7.57. The van der Waals surface area contributed by atoms with Crippen LogP contribution in [0.25, 0.3) is 22.5 Å². The van der Waals surface area contributed by atoms with Gasteiger partial charge in [-0.05, 0) is 37.1 Å². The lowest BCUT2D eigenvalue weighted by molar-refractivity contribution is 0.254. The van der Waals surface area contributed by atoms with Crippen LogP contribution in [0.4, 0.5) is 33.6 Å². The quantitative estimate of drug-likeness (QED) is 0.192. The predicted octanol–water partition coefficient (Wildman–Crippen LogP) is 7.25. The van der Waals surface area contributed by atoms with Crippen molar-refractivity contribution in [2.45, 2.75) is 24.9 Å². The third kappa shape index (κ3) is 6.41. The number of amides is 2. The molecule has 7 heterocycles. The largest absolute Gasteiger partial charge is 0.494 e. The van der Waals surface area contributed by atoms with Crippen molar-refractivity contribution in [3.63, 3.8) is 0 Å². The van der Waals surface area contributed by atoms with E-state index in [2.05, 4.69) is 30.4 Å². The lowest BCUT2D eigenvalue weighted by Crippen LogP contribution is -2.48. The van der Waals surface area contributed by atoms with Gasteiger partial charge in [0, 0.05) is 77.9 Å². The SMILES string of the molecule is COc1cc(-c2cccc(Cl)c2)nc2c1N1CC[C@@H](C1)N2.COc1cc(-c2cccc(Cl)c2)nc2c1N1CC[C@@H](C1)N2C(=O)Nc1cnccn1. The molecule has 12 nitrogen and oxygen atoms in total. The second-order valence-corrected chi connectivity index (χ2v) is 13.5. The third-order valence-corrected chi connectivity index (χ3v) is 9.98. The van der Waals surface area contributed by atoms with Gasteiger partial charge in [-0.1, -0.05) is 47.5 Å². The first-order chi connectivity index (χ1) is 24.9. The zero-order chi connectivity index (χ0) is 35.1. The number of urea groups is 1. The number of nitrogens with one attached hydrogen (secondary N) is 2. The van der Waals surface area contributed by atoms with Gasteiger partial charge in [0.15, 0.2) is 17.5 Å². The first kappa shape index (κ1) is 32.9. The zero-order valence-electron chi connectivity index (χ0n) is 28.0. The molecule has 4 aliphatic rings. The standard InChI is InChI=1S/C21H19ClN6O2.C16H16ClN3O/c1-30-17-10-16(13-3-2-4-14(22)9-13)25-20-19(17)27-8-5-15(12-27)28(20)21(29)26-18-11-23-6-7-24-18;1-21-14-8-13(10-3-2-4-11(17)7-10)19-16-15(14)20-6-5-12(9-20)18-16/h2-4,6-7,9-11,15H,5,8,12H2,1H3,(H,24,26,29);2-4,7-8,12H,5-6,9H2,1H3,(H,18,19)/t15-;12-/m00/s1. The Morgan fingerprint density at radius 3 is 2.18 bits per heavy atom. The Hall–Kier alpha value is -5.33. The Morgan fingerprint density at radius 2 is 1.51 bits per heavy atom. The van der Waals surface area contributed by atoms with Crippen molar-refractivity contribution >= 4 is 58.1 Å². The van der Waals surface area contributed by atoms with Crippen LogP contribution in [0.15, 0.2) is 79.3 Å². The van der Waals surface area contributed by atoms with Crippen molar-refractivity contribution in [2.24, 2.45) is 0 Å². The molecule has 260 valence electrons. The van der Waals surface area contributed by atoms with Crippen molar-refractivity contribution in [2.75, 3.05) is 65.7 Å². The summed E-state index contributed by atoms with van der Waals surface area (Å²) in [6.07, 6.45) is 6.60. The summed E-state index contributed by atoms with van der Waals surface area (Å²) in [5, 5.41) is 7.68. The highest BCUT2D eigenvalue weighted by molar-refractivity contribution is 6.31. The smallest absolute Gasteiger partial charge is 0.329 e. The number of ether oxygens (including phenoxy) is 2. The second-order valence-electron chi connectivity index (χ2n) is 12.7. The number of hydrogen-bond acceptors (Lipinski definition) is 10. The molecular formula is C37H35Cl2N9O3. The maximum absolute atomic E-state index is 13.2. The Kier molecular flexibility index (Phi) is 8.87. The Balaban J connectivity index is 0.000000156. The van der Waals surface area contributed by atoms with Crippen molar-refractivity contribution < 1.29 is 14.3 Å². The normalized spacial score (nSPS) is 17.8. The van der Waals surface area contributed by atoms with Gasteiger partial charge in [0.1, 0.15) is 22.9 Å². The van der Waals surface area contributed by atoms with Crippen LogP contribution in [-0.4, -0.2) is 78.4 Å². The monoisotopic (exact) mass is 723 g/mol. The topological polar surface area (TPSA) is 121 Å². The molecule has 4 bridgehead atoms. The van der Waals surface area contributed by atoms with Crippen LogP contribution in [0, 0.1) is 0 Å². The molecule has 9 rings (SSSR count). The van der Waals surface area contributed by atoms with E-state index < -0.39 is 0 Å². The number of halogens is 2. The lowest BCUT2D eigenvalue weighted by Gasteiger charge is -2.36. The second kappa shape index (κ2) is 13.8. The highest BCUT2D eigenvalue weighted by atomic mass is 35.5. The van der Waals surface area contributed by atoms with Gasteiger partial charge in [0.2, 0.25) is 0 Å². The highest BCUT2D eigenvalue weighted by Crippen LogP contribution is 2.47. The van der Waals surface area contributed by atoms with E-state index in [1.54, 1.807) is 25.3 Å². The minimum atomic E-state index is -0.291. The maximum Gasteiger partial charge on any atom is 0.329 e. The number of rotatable bonds is 5. The molecular weight excluding hydrogens is 689 g/mol. The molecule has 2 atom stereocenters. The number of anilines is 5.